The summed E-state index contributed by atoms with van der Waals surface area (Å²) in [6.07, 6.45) is 1.57. The van der Waals surface area contributed by atoms with Crippen LogP contribution < -0.4 is 5.32 Å². The van der Waals surface area contributed by atoms with Crippen LogP contribution in [0.3, 0.4) is 0 Å². The minimum atomic E-state index is -0.159. The molecule has 5 nitrogen and oxygen atoms in total. The van der Waals surface area contributed by atoms with Crippen LogP contribution in [0.15, 0.2) is 36.5 Å². The first-order valence-electron chi connectivity index (χ1n) is 7.20. The summed E-state index contributed by atoms with van der Waals surface area (Å²) in [5.74, 6) is -0.159. The predicted octanol–water partition coefficient (Wildman–Crippen LogP) is 2.58. The third kappa shape index (κ3) is 2.70. The molecular formula is C17H18N4O. The molecule has 0 fully saturated rings. The average Bonchev–Trinajstić information content (AvgIpc) is 2.90. The van der Waals surface area contributed by atoms with Gasteiger partial charge < -0.3 is 5.32 Å². The SMILES string of the molecule is Cc1ccc(CNC(=O)c2cnn3c(C)cc(C)nc23)cc1. The molecule has 0 spiro atoms. The van der Waals surface area contributed by atoms with Crippen molar-refractivity contribution < 1.29 is 4.79 Å². The van der Waals surface area contributed by atoms with Crippen molar-refractivity contribution in [2.24, 2.45) is 0 Å². The van der Waals surface area contributed by atoms with E-state index in [1.54, 1.807) is 10.7 Å². The number of carbonyl (C=O) groups excluding carboxylic acids is 1. The number of rotatable bonds is 3. The van der Waals surface area contributed by atoms with E-state index in [4.69, 9.17) is 0 Å². The molecule has 2 heterocycles. The van der Waals surface area contributed by atoms with Crippen molar-refractivity contribution in [1.29, 1.82) is 0 Å². The number of carbonyl (C=O) groups is 1. The molecule has 0 bridgehead atoms. The zero-order valence-electron chi connectivity index (χ0n) is 12.9. The number of amides is 1. The van der Waals surface area contributed by atoms with Crippen LogP contribution in [0.5, 0.6) is 0 Å². The molecule has 1 N–H and O–H groups in total. The minimum Gasteiger partial charge on any atom is -0.348 e. The van der Waals surface area contributed by atoms with Gasteiger partial charge in [0.05, 0.1) is 6.20 Å². The molecule has 0 radical (unpaired) electrons. The van der Waals surface area contributed by atoms with Gasteiger partial charge in [0, 0.05) is 17.9 Å². The maximum Gasteiger partial charge on any atom is 0.257 e. The fraction of sp³-hybridized carbons (Fsp3) is 0.235. The van der Waals surface area contributed by atoms with Gasteiger partial charge in [-0.2, -0.15) is 5.10 Å². The second kappa shape index (κ2) is 5.60. The molecule has 0 aliphatic heterocycles. The van der Waals surface area contributed by atoms with Gasteiger partial charge in [-0.15, -0.1) is 0 Å². The van der Waals surface area contributed by atoms with Crippen molar-refractivity contribution in [3.05, 3.63) is 64.6 Å². The van der Waals surface area contributed by atoms with Crippen LogP contribution in [0.4, 0.5) is 0 Å². The maximum absolute atomic E-state index is 12.4. The summed E-state index contributed by atoms with van der Waals surface area (Å²) >= 11 is 0. The second-order valence-corrected chi connectivity index (χ2v) is 5.50. The van der Waals surface area contributed by atoms with Crippen LogP contribution in [0.2, 0.25) is 0 Å². The predicted molar refractivity (Wildman–Crippen MR) is 84.8 cm³/mol. The Morgan fingerprint density at radius 2 is 1.91 bits per heavy atom. The van der Waals surface area contributed by atoms with Crippen molar-refractivity contribution in [3.8, 4) is 0 Å². The van der Waals surface area contributed by atoms with Crippen molar-refractivity contribution in [1.82, 2.24) is 19.9 Å². The topological polar surface area (TPSA) is 59.3 Å². The summed E-state index contributed by atoms with van der Waals surface area (Å²) in [7, 11) is 0. The highest BCUT2D eigenvalue weighted by molar-refractivity contribution is 5.99. The van der Waals surface area contributed by atoms with Gasteiger partial charge in [0.15, 0.2) is 5.65 Å². The lowest BCUT2D eigenvalue weighted by atomic mass is 10.1. The van der Waals surface area contributed by atoms with Gasteiger partial charge in [-0.05, 0) is 32.4 Å². The van der Waals surface area contributed by atoms with E-state index in [2.05, 4.69) is 15.4 Å². The molecule has 3 aromatic rings. The van der Waals surface area contributed by atoms with E-state index in [0.717, 1.165) is 17.0 Å². The molecule has 0 saturated heterocycles. The molecule has 5 heteroatoms. The number of nitrogens with one attached hydrogen (secondary N) is 1. The van der Waals surface area contributed by atoms with Gasteiger partial charge in [0.1, 0.15) is 5.56 Å². The van der Waals surface area contributed by atoms with Crippen LogP contribution in [0, 0.1) is 20.8 Å². The zero-order chi connectivity index (χ0) is 15.7. The Balaban J connectivity index is 1.82. The number of fused-ring (bicyclic) bond motifs is 1. The highest BCUT2D eigenvalue weighted by Gasteiger charge is 2.15. The van der Waals surface area contributed by atoms with Gasteiger partial charge in [-0.1, -0.05) is 29.8 Å². The molecule has 0 saturated carbocycles. The molecule has 0 unspecified atom stereocenters. The van der Waals surface area contributed by atoms with Gasteiger partial charge in [-0.25, -0.2) is 9.50 Å². The fourth-order valence-corrected chi connectivity index (χ4v) is 2.41. The lowest BCUT2D eigenvalue weighted by molar-refractivity contribution is 0.0952. The van der Waals surface area contributed by atoms with E-state index >= 15 is 0 Å². The summed E-state index contributed by atoms with van der Waals surface area (Å²) in [6, 6.07) is 10.0. The van der Waals surface area contributed by atoms with Crippen molar-refractivity contribution in [2.75, 3.05) is 0 Å². The molecule has 0 aliphatic carbocycles. The van der Waals surface area contributed by atoms with Gasteiger partial charge >= 0.3 is 0 Å². The number of benzene rings is 1. The standard InChI is InChI=1S/C17H18N4O/c1-11-4-6-14(7-5-11)9-18-17(22)15-10-19-21-13(3)8-12(2)20-16(15)21/h4-8,10H,9H2,1-3H3,(H,18,22). The van der Waals surface area contributed by atoms with E-state index in [1.165, 1.54) is 5.56 Å². The van der Waals surface area contributed by atoms with Crippen LogP contribution in [-0.4, -0.2) is 20.5 Å². The first kappa shape index (κ1) is 14.3. The Labute approximate surface area is 129 Å². The largest absolute Gasteiger partial charge is 0.348 e. The number of nitrogens with zero attached hydrogens (tertiary/aromatic N) is 3. The third-order valence-electron chi connectivity index (χ3n) is 3.60. The van der Waals surface area contributed by atoms with E-state index in [-0.39, 0.29) is 5.91 Å². The van der Waals surface area contributed by atoms with Crippen molar-refractivity contribution in [2.45, 2.75) is 27.3 Å². The summed E-state index contributed by atoms with van der Waals surface area (Å²) < 4.78 is 1.69. The average molecular weight is 294 g/mol. The first-order valence-corrected chi connectivity index (χ1v) is 7.20. The van der Waals surface area contributed by atoms with Crippen molar-refractivity contribution >= 4 is 11.6 Å². The van der Waals surface area contributed by atoms with E-state index in [9.17, 15) is 4.79 Å². The fourth-order valence-electron chi connectivity index (χ4n) is 2.41. The van der Waals surface area contributed by atoms with Crippen LogP contribution in [0.1, 0.15) is 32.9 Å². The molecule has 0 aliphatic rings. The molecular weight excluding hydrogens is 276 g/mol. The molecule has 22 heavy (non-hydrogen) atoms. The van der Waals surface area contributed by atoms with Gasteiger partial charge in [0.2, 0.25) is 0 Å². The number of aryl methyl sites for hydroxylation is 3. The Morgan fingerprint density at radius 1 is 1.18 bits per heavy atom. The quantitative estimate of drug-likeness (QED) is 0.807. The summed E-state index contributed by atoms with van der Waals surface area (Å²) in [4.78, 5) is 16.8. The number of aromatic nitrogens is 3. The molecule has 2 aromatic heterocycles. The summed E-state index contributed by atoms with van der Waals surface area (Å²) in [5, 5.41) is 7.16. The van der Waals surface area contributed by atoms with Crippen LogP contribution >= 0.6 is 0 Å². The van der Waals surface area contributed by atoms with E-state index in [0.29, 0.717) is 17.8 Å². The normalized spacial score (nSPS) is 10.9. The Morgan fingerprint density at radius 3 is 2.64 bits per heavy atom. The van der Waals surface area contributed by atoms with E-state index < -0.39 is 0 Å². The van der Waals surface area contributed by atoms with Crippen LogP contribution in [-0.2, 0) is 6.54 Å². The lowest BCUT2D eigenvalue weighted by Crippen LogP contribution is -2.22. The van der Waals surface area contributed by atoms with Gasteiger partial charge in [0.25, 0.3) is 5.91 Å². The minimum absolute atomic E-state index is 0.159. The molecule has 0 atom stereocenters. The molecule has 112 valence electrons. The summed E-state index contributed by atoms with van der Waals surface area (Å²) in [5.41, 5.74) is 5.19. The highest BCUT2D eigenvalue weighted by Crippen LogP contribution is 2.12. The third-order valence-corrected chi connectivity index (χ3v) is 3.60. The molecule has 3 rings (SSSR count). The van der Waals surface area contributed by atoms with Crippen LogP contribution in [0.25, 0.3) is 5.65 Å². The monoisotopic (exact) mass is 294 g/mol. The molecule has 1 amide bonds. The van der Waals surface area contributed by atoms with Crippen molar-refractivity contribution in [3.63, 3.8) is 0 Å². The smallest absolute Gasteiger partial charge is 0.257 e. The Bertz CT molecular complexity index is 834. The number of hydrogen-bond donors (Lipinski definition) is 1. The lowest BCUT2D eigenvalue weighted by Gasteiger charge is -2.05. The first-order chi connectivity index (χ1) is 10.5. The Kier molecular flexibility index (Phi) is 3.63. The Hall–Kier alpha value is -2.69. The molecule has 1 aromatic carbocycles. The number of hydrogen-bond acceptors (Lipinski definition) is 3. The van der Waals surface area contributed by atoms with Gasteiger partial charge in [-0.3, -0.25) is 4.79 Å². The zero-order valence-corrected chi connectivity index (χ0v) is 12.9. The highest BCUT2D eigenvalue weighted by atomic mass is 16.1. The second-order valence-electron chi connectivity index (χ2n) is 5.50. The van der Waals surface area contributed by atoms with E-state index in [1.807, 2.05) is 51.1 Å². The maximum atomic E-state index is 12.4. The summed E-state index contributed by atoms with van der Waals surface area (Å²) in [6.45, 7) is 6.38.